The molecule has 0 fully saturated rings. The second-order valence-corrected chi connectivity index (χ2v) is 11.6. The molecule has 7 heteroatoms. The van der Waals surface area contributed by atoms with Crippen molar-refractivity contribution < 1.29 is 9.59 Å². The molecule has 0 spiro atoms. The van der Waals surface area contributed by atoms with E-state index in [2.05, 4.69) is 22.9 Å². The smallest absolute Gasteiger partial charge is 0.237 e. The van der Waals surface area contributed by atoms with Gasteiger partial charge in [-0.05, 0) is 6.42 Å². The number of hydrogen-bond acceptors (Lipinski definition) is 5. The summed E-state index contributed by atoms with van der Waals surface area (Å²) in [5.74, 6) is 1.77. The van der Waals surface area contributed by atoms with Crippen molar-refractivity contribution in [2.45, 2.75) is 123 Å². The van der Waals surface area contributed by atoms with Crippen molar-refractivity contribution in [2.24, 2.45) is 0 Å². The van der Waals surface area contributed by atoms with Crippen molar-refractivity contribution in [1.82, 2.24) is 16.0 Å². The van der Waals surface area contributed by atoms with Crippen LogP contribution in [0.5, 0.6) is 0 Å². The summed E-state index contributed by atoms with van der Waals surface area (Å²) in [4.78, 5) is 23.8. The van der Waals surface area contributed by atoms with Crippen molar-refractivity contribution >= 4 is 33.4 Å². The number of carbonyl (C=O) groups is 2. The molecule has 5 nitrogen and oxygen atoms in total. The zero-order valence-electron chi connectivity index (χ0n) is 21.3. The number of carbonyl (C=O) groups excluding carboxylic acids is 2. The highest BCUT2D eigenvalue weighted by Gasteiger charge is 2.17. The van der Waals surface area contributed by atoms with Gasteiger partial charge < -0.3 is 16.0 Å². The molecule has 0 saturated carbocycles. The highest BCUT2D eigenvalue weighted by atomic mass is 33.1. The summed E-state index contributed by atoms with van der Waals surface area (Å²) in [5, 5.41) is 9.00. The Morgan fingerprint density at radius 2 is 1.31 bits per heavy atom. The van der Waals surface area contributed by atoms with Gasteiger partial charge in [-0.3, -0.25) is 9.59 Å². The monoisotopic (exact) mass is 489 g/mol. The molecule has 0 rings (SSSR count). The van der Waals surface area contributed by atoms with Crippen molar-refractivity contribution in [1.29, 1.82) is 0 Å². The molecule has 1 atom stereocenters. The van der Waals surface area contributed by atoms with E-state index in [0.717, 1.165) is 17.9 Å². The lowest BCUT2D eigenvalue weighted by Gasteiger charge is -2.19. The van der Waals surface area contributed by atoms with Crippen LogP contribution in [0.2, 0.25) is 0 Å². The molecule has 32 heavy (non-hydrogen) atoms. The summed E-state index contributed by atoms with van der Waals surface area (Å²) >= 11 is 0. The Morgan fingerprint density at radius 1 is 0.781 bits per heavy atom. The maximum Gasteiger partial charge on any atom is 0.237 e. The number of amides is 2. The molecule has 0 aromatic carbocycles. The highest BCUT2D eigenvalue weighted by Crippen LogP contribution is 2.21. The number of unbranched alkanes of at least 4 members (excludes halogenated alkanes) is 12. The molecule has 0 saturated heterocycles. The maximum absolute atomic E-state index is 11.9. The van der Waals surface area contributed by atoms with Crippen LogP contribution in [0.3, 0.4) is 0 Å². The summed E-state index contributed by atoms with van der Waals surface area (Å²) in [6.07, 6.45) is 17.9. The molecular weight excluding hydrogens is 438 g/mol. The summed E-state index contributed by atoms with van der Waals surface area (Å²) in [5.41, 5.74) is 0. The Balaban J connectivity index is 3.44. The zero-order valence-corrected chi connectivity index (χ0v) is 22.9. The minimum Gasteiger partial charge on any atom is -0.358 e. The third-order valence-electron chi connectivity index (χ3n) is 5.43. The van der Waals surface area contributed by atoms with Gasteiger partial charge >= 0.3 is 0 Å². The van der Waals surface area contributed by atoms with Gasteiger partial charge in [0.15, 0.2) is 0 Å². The molecule has 0 aromatic rings. The number of hydrogen-bond donors (Lipinski definition) is 3. The number of likely N-dealkylation sites (N-methyl/N-ethyl adjacent to an activating group) is 1. The number of rotatable bonds is 23. The van der Waals surface area contributed by atoms with Gasteiger partial charge in [0.2, 0.25) is 11.8 Å². The van der Waals surface area contributed by atoms with Gasteiger partial charge in [-0.25, -0.2) is 0 Å². The van der Waals surface area contributed by atoms with Crippen molar-refractivity contribution in [2.75, 3.05) is 25.1 Å². The first-order valence-electron chi connectivity index (χ1n) is 13.0. The Bertz CT molecular complexity index is 451. The van der Waals surface area contributed by atoms with Gasteiger partial charge in [0.1, 0.15) is 0 Å². The fourth-order valence-electron chi connectivity index (χ4n) is 3.57. The van der Waals surface area contributed by atoms with Gasteiger partial charge in [0.05, 0.1) is 6.04 Å². The predicted octanol–water partition coefficient (Wildman–Crippen LogP) is 6.08. The average Bonchev–Trinajstić information content (AvgIpc) is 2.77. The summed E-state index contributed by atoms with van der Waals surface area (Å²) in [6.45, 7) is 7.05. The van der Waals surface area contributed by atoms with Gasteiger partial charge in [-0.1, -0.05) is 119 Å². The average molecular weight is 490 g/mol. The van der Waals surface area contributed by atoms with Crippen LogP contribution in [0.25, 0.3) is 0 Å². The molecule has 2 amide bonds. The minimum absolute atomic E-state index is 0.0258. The van der Waals surface area contributed by atoms with Crippen LogP contribution in [-0.4, -0.2) is 49.0 Å². The first kappa shape index (κ1) is 31.6. The van der Waals surface area contributed by atoms with Gasteiger partial charge in [0.25, 0.3) is 0 Å². The Kier molecular flexibility index (Phi) is 23.5. The van der Waals surface area contributed by atoms with Crippen LogP contribution < -0.4 is 16.0 Å². The SMILES string of the molecule is CCCCCCCCCCCCCCCC(=O)NCCSSCC(NC(C)C)C(=O)NC. The van der Waals surface area contributed by atoms with Gasteiger partial charge in [-0.2, -0.15) is 0 Å². The summed E-state index contributed by atoms with van der Waals surface area (Å²) in [6, 6.07) is 0.0925. The molecule has 190 valence electrons. The Labute approximate surface area is 206 Å². The first-order chi connectivity index (χ1) is 15.5. The maximum atomic E-state index is 11.9. The van der Waals surface area contributed by atoms with E-state index in [-0.39, 0.29) is 23.9 Å². The van der Waals surface area contributed by atoms with Crippen LogP contribution >= 0.6 is 21.6 Å². The highest BCUT2D eigenvalue weighted by molar-refractivity contribution is 8.76. The largest absolute Gasteiger partial charge is 0.358 e. The third-order valence-corrected chi connectivity index (χ3v) is 7.85. The van der Waals surface area contributed by atoms with E-state index in [1.54, 1.807) is 28.6 Å². The summed E-state index contributed by atoms with van der Waals surface area (Å²) in [7, 11) is 5.06. The van der Waals surface area contributed by atoms with Crippen LogP contribution in [0.4, 0.5) is 0 Å². The quantitative estimate of drug-likeness (QED) is 0.120. The molecule has 1 unspecified atom stereocenters. The number of nitrogens with one attached hydrogen (secondary N) is 3. The lowest BCUT2D eigenvalue weighted by atomic mass is 10.0. The standard InChI is InChI=1S/C25H51N3O2S2/c1-5-6-7-8-9-10-11-12-13-14-15-16-17-18-24(29)27-19-20-31-32-21-23(25(30)26-4)28-22(2)3/h22-23,28H,5-21H2,1-4H3,(H,26,30)(H,27,29). The van der Waals surface area contributed by atoms with Crippen LogP contribution in [-0.2, 0) is 9.59 Å². The zero-order chi connectivity index (χ0) is 23.9. The van der Waals surface area contributed by atoms with Crippen molar-refractivity contribution in [3.8, 4) is 0 Å². The van der Waals surface area contributed by atoms with E-state index in [9.17, 15) is 9.59 Å². The topological polar surface area (TPSA) is 70.2 Å². The van der Waals surface area contributed by atoms with Crippen LogP contribution in [0.15, 0.2) is 0 Å². The van der Waals surface area contributed by atoms with Gasteiger partial charge in [0, 0.05) is 37.6 Å². The molecule has 0 aliphatic carbocycles. The minimum atomic E-state index is -0.178. The van der Waals surface area contributed by atoms with E-state index in [1.165, 1.54) is 77.0 Å². The molecule has 0 heterocycles. The molecule has 0 aliphatic rings. The van der Waals surface area contributed by atoms with E-state index >= 15 is 0 Å². The van der Waals surface area contributed by atoms with Crippen LogP contribution in [0.1, 0.15) is 111 Å². The second kappa shape index (κ2) is 23.7. The van der Waals surface area contributed by atoms with E-state index in [1.807, 2.05) is 13.8 Å². The molecule has 0 aromatic heterocycles. The molecule has 0 aliphatic heterocycles. The van der Waals surface area contributed by atoms with E-state index in [0.29, 0.717) is 13.0 Å². The summed E-state index contributed by atoms with van der Waals surface area (Å²) < 4.78 is 0. The molecule has 0 radical (unpaired) electrons. The lowest BCUT2D eigenvalue weighted by molar-refractivity contribution is -0.122. The molecule has 0 bridgehead atoms. The fourth-order valence-corrected chi connectivity index (χ4v) is 5.66. The Morgan fingerprint density at radius 3 is 1.81 bits per heavy atom. The van der Waals surface area contributed by atoms with Crippen LogP contribution in [0, 0.1) is 0 Å². The Hall–Kier alpha value is -0.400. The van der Waals surface area contributed by atoms with E-state index < -0.39 is 0 Å². The third kappa shape index (κ3) is 21.4. The van der Waals surface area contributed by atoms with Crippen molar-refractivity contribution in [3.05, 3.63) is 0 Å². The van der Waals surface area contributed by atoms with E-state index in [4.69, 9.17) is 0 Å². The second-order valence-electron chi connectivity index (χ2n) is 8.94. The molecule has 3 N–H and O–H groups in total. The first-order valence-corrected chi connectivity index (χ1v) is 15.5. The lowest BCUT2D eigenvalue weighted by Crippen LogP contribution is -2.47. The normalized spacial score (nSPS) is 12.2. The van der Waals surface area contributed by atoms with Gasteiger partial charge in [-0.15, -0.1) is 0 Å². The van der Waals surface area contributed by atoms with Crippen molar-refractivity contribution in [3.63, 3.8) is 0 Å². The fraction of sp³-hybridized carbons (Fsp3) is 0.920. The predicted molar refractivity (Wildman–Crippen MR) is 144 cm³/mol. The molecular formula is C25H51N3O2S2.